The van der Waals surface area contributed by atoms with Crippen LogP contribution in [-0.4, -0.2) is 30.4 Å². The Morgan fingerprint density at radius 1 is 0.815 bits per heavy atom. The van der Waals surface area contributed by atoms with E-state index in [0.29, 0.717) is 17.2 Å². The summed E-state index contributed by atoms with van der Waals surface area (Å²) in [6, 6.07) is 16.1. The molecule has 0 atom stereocenters. The lowest BCUT2D eigenvalue weighted by Gasteiger charge is -2.10. The van der Waals surface area contributed by atoms with Crippen LogP contribution < -0.4 is 25.6 Å². The first-order chi connectivity index (χ1) is 13.1. The number of hydrogen-bond donors (Lipinski definition) is 3. The Kier molecular flexibility index (Phi) is 5.88. The van der Waals surface area contributed by atoms with Crippen molar-refractivity contribution < 1.29 is 23.9 Å². The Bertz CT molecular complexity index is 804. The van der Waals surface area contributed by atoms with Crippen molar-refractivity contribution in [2.75, 3.05) is 6.61 Å². The molecule has 0 aromatic heterocycles. The zero-order valence-electron chi connectivity index (χ0n) is 14.4. The molecule has 3 N–H and O–H groups in total. The van der Waals surface area contributed by atoms with Crippen molar-refractivity contribution in [2.45, 2.75) is 18.9 Å². The second-order valence-electron chi connectivity index (χ2n) is 5.93. The number of rotatable bonds is 6. The van der Waals surface area contributed by atoms with Gasteiger partial charge < -0.3 is 14.8 Å². The van der Waals surface area contributed by atoms with Crippen LogP contribution in [0, 0.1) is 0 Å². The van der Waals surface area contributed by atoms with E-state index in [0.717, 1.165) is 12.8 Å². The number of amides is 3. The van der Waals surface area contributed by atoms with Gasteiger partial charge >= 0.3 is 11.8 Å². The van der Waals surface area contributed by atoms with Crippen LogP contribution in [0.5, 0.6) is 17.2 Å². The minimum Gasteiger partial charge on any atom is -0.484 e. The Morgan fingerprint density at radius 3 is 2.11 bits per heavy atom. The van der Waals surface area contributed by atoms with E-state index in [1.54, 1.807) is 24.3 Å². The van der Waals surface area contributed by atoms with Gasteiger partial charge in [0, 0.05) is 6.04 Å². The summed E-state index contributed by atoms with van der Waals surface area (Å²) in [6.45, 7) is -0.316. The van der Waals surface area contributed by atoms with Crippen LogP contribution >= 0.6 is 0 Å². The lowest BCUT2D eigenvalue weighted by atomic mass is 10.3. The highest BCUT2D eigenvalue weighted by Crippen LogP contribution is 2.23. The second-order valence-corrected chi connectivity index (χ2v) is 5.93. The lowest BCUT2D eigenvalue weighted by molar-refractivity contribution is -0.141. The molecule has 1 saturated carbocycles. The van der Waals surface area contributed by atoms with Gasteiger partial charge in [-0.2, -0.15) is 0 Å². The maximum absolute atomic E-state index is 11.7. The van der Waals surface area contributed by atoms with Gasteiger partial charge in [-0.3, -0.25) is 25.2 Å². The van der Waals surface area contributed by atoms with Gasteiger partial charge in [0.2, 0.25) is 0 Å². The fraction of sp³-hybridized carbons (Fsp3) is 0.211. The summed E-state index contributed by atoms with van der Waals surface area (Å²) in [5, 5.41) is 2.51. The molecular formula is C19H19N3O5. The van der Waals surface area contributed by atoms with E-state index in [2.05, 4.69) is 10.7 Å². The monoisotopic (exact) mass is 369 g/mol. The van der Waals surface area contributed by atoms with Crippen molar-refractivity contribution in [2.24, 2.45) is 0 Å². The molecule has 0 saturated heterocycles. The molecule has 0 bridgehead atoms. The second kappa shape index (κ2) is 8.70. The number of carbonyl (C=O) groups is 3. The summed E-state index contributed by atoms with van der Waals surface area (Å²) in [6.07, 6.45) is 1.74. The first kappa shape index (κ1) is 18.2. The number of ether oxygens (including phenoxy) is 2. The minimum absolute atomic E-state index is 0.0659. The largest absolute Gasteiger partial charge is 0.484 e. The van der Waals surface area contributed by atoms with Gasteiger partial charge in [0.25, 0.3) is 5.91 Å². The number of benzene rings is 2. The van der Waals surface area contributed by atoms with Gasteiger partial charge in [-0.1, -0.05) is 18.2 Å². The van der Waals surface area contributed by atoms with E-state index in [-0.39, 0.29) is 12.6 Å². The molecule has 0 spiro atoms. The molecule has 1 aliphatic rings. The van der Waals surface area contributed by atoms with Gasteiger partial charge in [-0.05, 0) is 49.2 Å². The predicted octanol–water partition coefficient (Wildman–Crippen LogP) is 1.28. The first-order valence-electron chi connectivity index (χ1n) is 8.45. The fourth-order valence-corrected chi connectivity index (χ4v) is 2.08. The van der Waals surface area contributed by atoms with Crippen LogP contribution in [0.1, 0.15) is 12.8 Å². The molecule has 8 heteroatoms. The Balaban J connectivity index is 1.38. The molecule has 0 radical (unpaired) electrons. The molecule has 1 aliphatic carbocycles. The predicted molar refractivity (Wildman–Crippen MR) is 95.9 cm³/mol. The Labute approximate surface area is 155 Å². The molecule has 140 valence electrons. The van der Waals surface area contributed by atoms with E-state index in [4.69, 9.17) is 9.47 Å². The van der Waals surface area contributed by atoms with Crippen molar-refractivity contribution in [1.82, 2.24) is 16.2 Å². The Morgan fingerprint density at radius 2 is 1.44 bits per heavy atom. The van der Waals surface area contributed by atoms with E-state index in [1.165, 1.54) is 0 Å². The first-order valence-corrected chi connectivity index (χ1v) is 8.45. The molecule has 27 heavy (non-hydrogen) atoms. The van der Waals surface area contributed by atoms with Gasteiger partial charge in [0.15, 0.2) is 6.61 Å². The molecule has 2 aromatic rings. The summed E-state index contributed by atoms with van der Waals surface area (Å²) >= 11 is 0. The summed E-state index contributed by atoms with van der Waals surface area (Å²) in [5.41, 5.74) is 4.16. The molecule has 0 aliphatic heterocycles. The standard InChI is InChI=1S/C19H19N3O5/c23-17(21-22-19(25)18(24)20-13-6-7-13)12-26-14-8-10-16(11-9-14)27-15-4-2-1-3-5-15/h1-5,8-11,13H,6-7,12H2,(H,20,24)(H,21,23)(H,22,25). The van der Waals surface area contributed by atoms with Crippen LogP contribution in [0.3, 0.4) is 0 Å². The van der Waals surface area contributed by atoms with Gasteiger partial charge in [-0.25, -0.2) is 0 Å². The Hall–Kier alpha value is -3.55. The van der Waals surface area contributed by atoms with Crippen LogP contribution in [0.2, 0.25) is 0 Å². The zero-order valence-corrected chi connectivity index (χ0v) is 14.4. The van der Waals surface area contributed by atoms with E-state index < -0.39 is 17.7 Å². The number of carbonyl (C=O) groups excluding carboxylic acids is 3. The summed E-state index contributed by atoms with van der Waals surface area (Å²) < 4.78 is 11.0. The lowest BCUT2D eigenvalue weighted by Crippen LogP contribution is -2.50. The molecule has 1 fully saturated rings. The third kappa shape index (κ3) is 6.03. The van der Waals surface area contributed by atoms with Crippen LogP contribution in [0.15, 0.2) is 54.6 Å². The van der Waals surface area contributed by atoms with E-state index in [9.17, 15) is 14.4 Å². The van der Waals surface area contributed by atoms with Crippen LogP contribution in [-0.2, 0) is 14.4 Å². The fourth-order valence-electron chi connectivity index (χ4n) is 2.08. The SMILES string of the molecule is O=C(COc1ccc(Oc2ccccc2)cc1)NNC(=O)C(=O)NC1CC1. The smallest absolute Gasteiger partial charge is 0.327 e. The topological polar surface area (TPSA) is 106 Å². The molecule has 3 rings (SSSR count). The highest BCUT2D eigenvalue weighted by Gasteiger charge is 2.26. The molecule has 0 unspecified atom stereocenters. The van der Waals surface area contributed by atoms with Crippen molar-refractivity contribution in [1.29, 1.82) is 0 Å². The number of hydrazine groups is 1. The third-order valence-electron chi connectivity index (χ3n) is 3.61. The van der Waals surface area contributed by atoms with Crippen LogP contribution in [0.25, 0.3) is 0 Å². The maximum atomic E-state index is 11.7. The number of para-hydroxylation sites is 1. The normalized spacial score (nSPS) is 12.6. The highest BCUT2D eigenvalue weighted by atomic mass is 16.5. The van der Waals surface area contributed by atoms with E-state index >= 15 is 0 Å². The van der Waals surface area contributed by atoms with Gasteiger partial charge in [-0.15, -0.1) is 0 Å². The van der Waals surface area contributed by atoms with Crippen LogP contribution in [0.4, 0.5) is 0 Å². The molecule has 3 amide bonds. The maximum Gasteiger partial charge on any atom is 0.327 e. The third-order valence-corrected chi connectivity index (χ3v) is 3.61. The van der Waals surface area contributed by atoms with Gasteiger partial charge in [0.1, 0.15) is 17.2 Å². The van der Waals surface area contributed by atoms with Crippen molar-refractivity contribution in [3.8, 4) is 17.2 Å². The van der Waals surface area contributed by atoms with Gasteiger partial charge in [0.05, 0.1) is 0 Å². The van der Waals surface area contributed by atoms with Crippen molar-refractivity contribution in [3.63, 3.8) is 0 Å². The van der Waals surface area contributed by atoms with Crippen molar-refractivity contribution >= 4 is 17.7 Å². The number of nitrogens with one attached hydrogen (secondary N) is 3. The summed E-state index contributed by atoms with van der Waals surface area (Å²) in [7, 11) is 0. The molecule has 0 heterocycles. The molecule has 8 nitrogen and oxygen atoms in total. The summed E-state index contributed by atoms with van der Waals surface area (Å²) in [4.78, 5) is 34.6. The minimum atomic E-state index is -0.919. The highest BCUT2D eigenvalue weighted by molar-refractivity contribution is 6.35. The van der Waals surface area contributed by atoms with Crippen molar-refractivity contribution in [3.05, 3.63) is 54.6 Å². The molecular weight excluding hydrogens is 350 g/mol. The number of hydrogen-bond acceptors (Lipinski definition) is 5. The average molecular weight is 369 g/mol. The average Bonchev–Trinajstić information content (AvgIpc) is 3.50. The molecule has 2 aromatic carbocycles. The quantitative estimate of drug-likeness (QED) is 0.525. The zero-order chi connectivity index (χ0) is 19.1. The van der Waals surface area contributed by atoms with E-state index in [1.807, 2.05) is 35.8 Å². The summed E-state index contributed by atoms with van der Waals surface area (Å²) in [5.74, 6) is -0.472.